The molecule has 2 aliphatic rings. The molecule has 0 spiro atoms. The molecule has 3 aromatic carbocycles. The molecule has 0 aromatic heterocycles. The first-order chi connectivity index (χ1) is 20.8. The predicted molar refractivity (Wildman–Crippen MR) is 155 cm³/mol. The molecule has 4 atom stereocenters. The second-order valence-corrected chi connectivity index (χ2v) is 10.9. The molecule has 1 aliphatic carbocycles. The van der Waals surface area contributed by atoms with E-state index in [4.69, 9.17) is 9.47 Å². The summed E-state index contributed by atoms with van der Waals surface area (Å²) >= 11 is 0. The van der Waals surface area contributed by atoms with Gasteiger partial charge in [0.2, 0.25) is 5.91 Å². The number of nitrogens with zero attached hydrogens (tertiary/aromatic N) is 3. The largest absolute Gasteiger partial charge is 0.493 e. The molecule has 4 unspecified atom stereocenters. The third-order valence-corrected chi connectivity index (χ3v) is 8.65. The van der Waals surface area contributed by atoms with Crippen LogP contribution < -0.4 is 9.47 Å². The first-order valence-corrected chi connectivity index (χ1v) is 14.1. The van der Waals surface area contributed by atoms with Crippen molar-refractivity contribution in [1.82, 2.24) is 4.90 Å². The van der Waals surface area contributed by atoms with Gasteiger partial charge in [-0.15, -0.1) is 0 Å². The Kier molecular flexibility index (Phi) is 8.45. The Morgan fingerprint density at radius 3 is 1.91 bits per heavy atom. The second-order valence-electron chi connectivity index (χ2n) is 10.9. The number of aliphatic carboxylic acids is 1. The Morgan fingerprint density at radius 2 is 1.37 bits per heavy atom. The normalized spacial score (nSPS) is 21.5. The lowest BCUT2D eigenvalue weighted by Gasteiger charge is -2.32. The summed E-state index contributed by atoms with van der Waals surface area (Å²) in [5.41, 5.74) is 2.15. The zero-order valence-electron chi connectivity index (χ0n) is 23.9. The minimum atomic E-state index is -1.36. The van der Waals surface area contributed by atoms with Crippen molar-refractivity contribution >= 4 is 17.7 Å². The molecule has 1 amide bonds. The molecule has 1 N–H and O–H groups in total. The van der Waals surface area contributed by atoms with E-state index < -0.39 is 29.9 Å². The van der Waals surface area contributed by atoms with Crippen LogP contribution in [-0.2, 0) is 9.59 Å². The van der Waals surface area contributed by atoms with Gasteiger partial charge in [-0.25, -0.2) is 4.79 Å². The van der Waals surface area contributed by atoms with Crippen LogP contribution in [0.3, 0.4) is 0 Å². The lowest BCUT2D eigenvalue weighted by Crippen LogP contribution is -2.46. The number of ketones is 1. The molecular formula is C34H31N3O6. The molecule has 0 bridgehead atoms. The van der Waals surface area contributed by atoms with E-state index in [-0.39, 0.29) is 17.6 Å². The highest BCUT2D eigenvalue weighted by molar-refractivity contribution is 6.01. The number of likely N-dealkylation sites (tertiary alicyclic amines) is 1. The highest BCUT2D eigenvalue weighted by Crippen LogP contribution is 2.53. The van der Waals surface area contributed by atoms with Gasteiger partial charge < -0.3 is 19.5 Å². The van der Waals surface area contributed by atoms with E-state index in [0.29, 0.717) is 52.2 Å². The number of rotatable bonds is 8. The number of methoxy groups -OCH3 is 2. The van der Waals surface area contributed by atoms with Gasteiger partial charge in [-0.3, -0.25) is 9.59 Å². The van der Waals surface area contributed by atoms with E-state index in [0.717, 1.165) is 12.8 Å². The number of nitriles is 2. The summed E-state index contributed by atoms with van der Waals surface area (Å²) in [6.45, 7) is 0. The summed E-state index contributed by atoms with van der Waals surface area (Å²) in [5, 5.41) is 29.5. The third-order valence-electron chi connectivity index (χ3n) is 8.65. The fraction of sp³-hybridized carbons (Fsp3) is 0.324. The number of amides is 1. The Balaban J connectivity index is 1.76. The molecule has 1 saturated carbocycles. The van der Waals surface area contributed by atoms with E-state index in [1.54, 1.807) is 66.7 Å². The fourth-order valence-electron chi connectivity index (χ4n) is 6.62. The van der Waals surface area contributed by atoms with Crippen LogP contribution in [0.25, 0.3) is 0 Å². The van der Waals surface area contributed by atoms with E-state index in [1.165, 1.54) is 19.1 Å². The van der Waals surface area contributed by atoms with Gasteiger partial charge >= 0.3 is 5.97 Å². The number of benzene rings is 3. The summed E-state index contributed by atoms with van der Waals surface area (Å²) in [6.07, 6.45) is 3.04. The number of hydrogen-bond acceptors (Lipinski definition) is 7. The minimum Gasteiger partial charge on any atom is -0.493 e. The van der Waals surface area contributed by atoms with Crippen molar-refractivity contribution in [2.45, 2.75) is 43.7 Å². The van der Waals surface area contributed by atoms with Crippen molar-refractivity contribution in [3.8, 4) is 23.6 Å². The molecule has 43 heavy (non-hydrogen) atoms. The van der Waals surface area contributed by atoms with Crippen LogP contribution in [0.1, 0.15) is 70.3 Å². The molecule has 1 saturated heterocycles. The maximum atomic E-state index is 14.6. The first-order valence-electron chi connectivity index (χ1n) is 14.1. The Bertz CT molecular complexity index is 1610. The quantitative estimate of drug-likeness (QED) is 0.358. The maximum Gasteiger partial charge on any atom is 0.327 e. The number of carbonyl (C=O) groups is 3. The highest BCUT2D eigenvalue weighted by Gasteiger charge is 2.58. The smallest absolute Gasteiger partial charge is 0.327 e. The monoisotopic (exact) mass is 577 g/mol. The van der Waals surface area contributed by atoms with Crippen LogP contribution in [0.2, 0.25) is 0 Å². The van der Waals surface area contributed by atoms with Gasteiger partial charge in [0.15, 0.2) is 17.3 Å². The van der Waals surface area contributed by atoms with Crippen LogP contribution in [0.15, 0.2) is 66.7 Å². The molecule has 218 valence electrons. The summed E-state index contributed by atoms with van der Waals surface area (Å²) in [5.74, 6) is -3.38. The van der Waals surface area contributed by atoms with E-state index >= 15 is 0 Å². The SMILES string of the molecule is COc1ccc(C2C(C(=O)c3ccc(C#N)cc3)C(c3ccc(C#N)cc3)N(C(=O)C3CCCC3)C2C(=O)O)cc1OC. The highest BCUT2D eigenvalue weighted by atomic mass is 16.5. The molecule has 9 nitrogen and oxygen atoms in total. The fourth-order valence-corrected chi connectivity index (χ4v) is 6.62. The zero-order chi connectivity index (χ0) is 30.7. The van der Waals surface area contributed by atoms with Gasteiger partial charge in [0.1, 0.15) is 6.04 Å². The molecule has 0 radical (unpaired) electrons. The van der Waals surface area contributed by atoms with E-state index in [2.05, 4.69) is 6.07 Å². The summed E-state index contributed by atoms with van der Waals surface area (Å²) < 4.78 is 10.9. The van der Waals surface area contributed by atoms with Gasteiger partial charge in [0.25, 0.3) is 0 Å². The average molecular weight is 578 g/mol. The molecular weight excluding hydrogens is 546 g/mol. The summed E-state index contributed by atoms with van der Waals surface area (Å²) in [4.78, 5) is 43.5. The van der Waals surface area contributed by atoms with Crippen LogP contribution >= 0.6 is 0 Å². The van der Waals surface area contributed by atoms with E-state index in [1.807, 2.05) is 6.07 Å². The number of Topliss-reactive ketones (excluding diaryl/α,β-unsaturated/α-hetero) is 1. The van der Waals surface area contributed by atoms with Crippen molar-refractivity contribution in [3.63, 3.8) is 0 Å². The van der Waals surface area contributed by atoms with Crippen LogP contribution in [0, 0.1) is 34.5 Å². The van der Waals surface area contributed by atoms with E-state index in [9.17, 15) is 30.0 Å². The van der Waals surface area contributed by atoms with Gasteiger partial charge in [-0.05, 0) is 60.4 Å². The zero-order valence-corrected chi connectivity index (χ0v) is 23.9. The molecule has 5 rings (SSSR count). The maximum absolute atomic E-state index is 14.6. The van der Waals surface area contributed by atoms with Crippen molar-refractivity contribution in [1.29, 1.82) is 10.5 Å². The number of hydrogen-bond donors (Lipinski definition) is 1. The number of ether oxygens (including phenoxy) is 2. The predicted octanol–water partition coefficient (Wildman–Crippen LogP) is 5.26. The average Bonchev–Trinajstić information content (AvgIpc) is 3.71. The van der Waals surface area contributed by atoms with Crippen LogP contribution in [0.4, 0.5) is 0 Å². The van der Waals surface area contributed by atoms with Gasteiger partial charge in [-0.2, -0.15) is 10.5 Å². The molecule has 1 heterocycles. The minimum absolute atomic E-state index is 0.292. The Hall–Kier alpha value is -5.15. The van der Waals surface area contributed by atoms with Gasteiger partial charge in [0, 0.05) is 17.4 Å². The topological polar surface area (TPSA) is 141 Å². The molecule has 9 heteroatoms. The van der Waals surface area contributed by atoms with Crippen molar-refractivity contribution in [3.05, 3.63) is 94.5 Å². The first kappa shape index (κ1) is 29.3. The van der Waals surface area contributed by atoms with Crippen LogP contribution in [-0.4, -0.2) is 47.9 Å². The standard InChI is InChI=1S/C34H31N3O6/c1-42-26-16-15-25(17-27(26)43-2)28-29(32(38)23-13-9-21(19-36)10-14-23)30(22-11-7-20(18-35)8-12-22)37(31(28)34(40)41)33(39)24-5-3-4-6-24/h7-17,24,28-31H,3-6H2,1-2H3,(H,40,41). The van der Waals surface area contributed by atoms with Crippen molar-refractivity contribution in [2.75, 3.05) is 14.2 Å². The van der Waals surface area contributed by atoms with Crippen molar-refractivity contribution < 1.29 is 29.0 Å². The lowest BCUT2D eigenvalue weighted by molar-refractivity contribution is -0.152. The number of carboxylic acid groups (broad SMARTS) is 1. The molecule has 3 aromatic rings. The van der Waals surface area contributed by atoms with Gasteiger partial charge in [0.05, 0.1) is 49.4 Å². The molecule has 2 fully saturated rings. The Labute approximate surface area is 249 Å². The third kappa shape index (κ3) is 5.42. The molecule has 1 aliphatic heterocycles. The lowest BCUT2D eigenvalue weighted by atomic mass is 9.76. The summed E-state index contributed by atoms with van der Waals surface area (Å²) in [6, 6.07) is 19.7. The van der Waals surface area contributed by atoms with Crippen LogP contribution in [0.5, 0.6) is 11.5 Å². The second kappa shape index (κ2) is 12.4. The van der Waals surface area contributed by atoms with Gasteiger partial charge in [-0.1, -0.05) is 43.2 Å². The number of carbonyl (C=O) groups excluding carboxylic acids is 2. The summed E-state index contributed by atoms with van der Waals surface area (Å²) in [7, 11) is 2.97. The van der Waals surface area contributed by atoms with Crippen molar-refractivity contribution in [2.24, 2.45) is 11.8 Å². The Morgan fingerprint density at radius 1 is 0.814 bits per heavy atom. The number of carboxylic acids is 1.